The number of hydrogen-bond donors (Lipinski definition) is 0. The van der Waals surface area contributed by atoms with Gasteiger partial charge in [0.1, 0.15) is 12.4 Å². The molecule has 0 N–H and O–H groups in total. The molecule has 3 aliphatic rings. The van der Waals surface area contributed by atoms with Crippen LogP contribution in [-0.4, -0.2) is 28.1 Å². The second-order valence-electron chi connectivity index (χ2n) is 10.2. The zero-order valence-electron chi connectivity index (χ0n) is 21.0. The molecule has 2 aliphatic carbocycles. The monoisotopic (exact) mass is 566 g/mol. The third-order valence-corrected chi connectivity index (χ3v) is 8.87. The molecule has 1 heterocycles. The van der Waals surface area contributed by atoms with Crippen LogP contribution in [0.1, 0.15) is 80.9 Å². The predicted molar refractivity (Wildman–Crippen MR) is 153 cm³/mol. The quantitative estimate of drug-likeness (QED) is 0.330. The average Bonchev–Trinajstić information content (AvgIpc) is 3.19. The Morgan fingerprint density at radius 1 is 1.03 bits per heavy atom. The van der Waals surface area contributed by atoms with E-state index in [1.54, 1.807) is 11.8 Å². The molecule has 1 saturated heterocycles. The lowest BCUT2D eigenvalue weighted by Crippen LogP contribution is -2.41. The number of benzene rings is 2. The minimum Gasteiger partial charge on any atom is -0.488 e. The van der Waals surface area contributed by atoms with Gasteiger partial charge in [0, 0.05) is 16.1 Å². The first-order valence-electron chi connectivity index (χ1n) is 13.4. The molecule has 2 aromatic carbocycles. The normalized spacial score (nSPS) is 22.1. The van der Waals surface area contributed by atoms with Crippen molar-refractivity contribution >= 4 is 44.8 Å². The molecule has 0 unspecified atom stereocenters. The summed E-state index contributed by atoms with van der Waals surface area (Å²) >= 11 is 5.16. The van der Waals surface area contributed by atoms with E-state index in [1.165, 1.54) is 44.1 Å². The van der Waals surface area contributed by atoms with Crippen LogP contribution in [0.3, 0.4) is 0 Å². The van der Waals surface area contributed by atoms with E-state index < -0.39 is 0 Å². The van der Waals surface area contributed by atoms with E-state index in [1.807, 2.05) is 29.2 Å². The van der Waals surface area contributed by atoms with Crippen LogP contribution < -0.4 is 4.74 Å². The minimum atomic E-state index is 0.103. The lowest BCUT2D eigenvalue weighted by molar-refractivity contribution is -0.124. The van der Waals surface area contributed by atoms with Gasteiger partial charge in [-0.1, -0.05) is 84.3 Å². The topological polar surface area (TPSA) is 41.9 Å². The van der Waals surface area contributed by atoms with Crippen LogP contribution in [0, 0.1) is 6.92 Å². The number of thioether (sulfide) groups is 1. The zero-order chi connectivity index (χ0) is 24.9. The predicted octanol–water partition coefficient (Wildman–Crippen LogP) is 8.27. The summed E-state index contributed by atoms with van der Waals surface area (Å²) in [6.45, 7) is 2.58. The molecule has 36 heavy (non-hydrogen) atoms. The fourth-order valence-corrected chi connectivity index (χ4v) is 6.95. The first-order chi connectivity index (χ1) is 17.6. The van der Waals surface area contributed by atoms with Gasteiger partial charge < -0.3 is 4.74 Å². The van der Waals surface area contributed by atoms with Crippen molar-refractivity contribution in [3.8, 4) is 5.75 Å². The molecule has 0 radical (unpaired) electrons. The molecule has 6 heteroatoms. The Kier molecular flexibility index (Phi) is 8.53. The summed E-state index contributed by atoms with van der Waals surface area (Å²) in [6, 6.07) is 15.0. The molecular formula is C30H35BrN2O2S. The van der Waals surface area contributed by atoms with E-state index >= 15 is 0 Å². The number of hydrogen-bond acceptors (Lipinski definition) is 4. The van der Waals surface area contributed by atoms with Crippen molar-refractivity contribution < 1.29 is 9.53 Å². The lowest BCUT2D eigenvalue weighted by atomic mass is 9.94. The molecule has 0 atom stereocenters. The maximum absolute atomic E-state index is 13.8. The molecule has 4 nitrogen and oxygen atoms in total. The number of aliphatic imine (C=N–C) groups is 1. The van der Waals surface area contributed by atoms with E-state index in [-0.39, 0.29) is 11.9 Å². The van der Waals surface area contributed by atoms with Crippen LogP contribution in [0.4, 0.5) is 0 Å². The van der Waals surface area contributed by atoms with E-state index in [0.29, 0.717) is 12.6 Å². The summed E-state index contributed by atoms with van der Waals surface area (Å²) in [4.78, 5) is 21.7. The molecule has 0 aromatic heterocycles. The largest absolute Gasteiger partial charge is 0.488 e. The maximum atomic E-state index is 13.8. The first-order valence-corrected chi connectivity index (χ1v) is 15.0. The van der Waals surface area contributed by atoms with Gasteiger partial charge in [-0.05, 0) is 74.2 Å². The summed E-state index contributed by atoms with van der Waals surface area (Å²) in [5.41, 5.74) is 3.26. The minimum absolute atomic E-state index is 0.103. The highest BCUT2D eigenvalue weighted by molar-refractivity contribution is 9.10. The molecule has 2 aromatic rings. The maximum Gasteiger partial charge on any atom is 0.267 e. The van der Waals surface area contributed by atoms with Crippen LogP contribution in [0.2, 0.25) is 0 Å². The second-order valence-corrected chi connectivity index (χ2v) is 12.2. The van der Waals surface area contributed by atoms with Crippen molar-refractivity contribution in [3.63, 3.8) is 0 Å². The number of amidine groups is 1. The summed E-state index contributed by atoms with van der Waals surface area (Å²) in [6.07, 6.45) is 13.9. The van der Waals surface area contributed by atoms with Crippen LogP contribution in [-0.2, 0) is 11.4 Å². The van der Waals surface area contributed by atoms with Gasteiger partial charge in [0.25, 0.3) is 5.91 Å². The summed E-state index contributed by atoms with van der Waals surface area (Å²) in [7, 11) is 0. The third-order valence-electron chi connectivity index (χ3n) is 7.38. The number of amides is 1. The number of nitrogens with zero attached hydrogens (tertiary/aromatic N) is 2. The van der Waals surface area contributed by atoms with Crippen molar-refractivity contribution in [2.24, 2.45) is 4.99 Å². The second kappa shape index (κ2) is 12.0. The third kappa shape index (κ3) is 6.25. The van der Waals surface area contributed by atoms with Gasteiger partial charge >= 0.3 is 0 Å². The van der Waals surface area contributed by atoms with Crippen LogP contribution in [0.25, 0.3) is 6.08 Å². The van der Waals surface area contributed by atoms with Gasteiger partial charge in [-0.25, -0.2) is 0 Å². The molecule has 5 rings (SSSR count). The Morgan fingerprint density at radius 2 is 1.78 bits per heavy atom. The Bertz CT molecular complexity index is 1150. The Morgan fingerprint density at radius 3 is 2.53 bits per heavy atom. The van der Waals surface area contributed by atoms with E-state index in [2.05, 4.69) is 47.1 Å². The Hall–Kier alpha value is -2.05. The number of aryl methyl sites for hydroxylation is 1. The number of rotatable bonds is 6. The zero-order valence-corrected chi connectivity index (χ0v) is 23.5. The van der Waals surface area contributed by atoms with E-state index in [9.17, 15) is 4.79 Å². The number of halogens is 1. The van der Waals surface area contributed by atoms with Crippen molar-refractivity contribution in [1.29, 1.82) is 0 Å². The lowest BCUT2D eigenvalue weighted by Gasteiger charge is -2.31. The molecule has 190 valence electrons. The van der Waals surface area contributed by atoms with Gasteiger partial charge in [-0.15, -0.1) is 0 Å². The average molecular weight is 568 g/mol. The molecule has 1 aliphatic heterocycles. The van der Waals surface area contributed by atoms with Crippen molar-refractivity contribution in [1.82, 2.24) is 4.90 Å². The molecule has 2 saturated carbocycles. The highest BCUT2D eigenvalue weighted by atomic mass is 79.9. The number of carbonyl (C=O) groups excluding carboxylic acids is 1. The smallest absolute Gasteiger partial charge is 0.267 e. The van der Waals surface area contributed by atoms with Gasteiger partial charge in [0.15, 0.2) is 5.17 Å². The summed E-state index contributed by atoms with van der Waals surface area (Å²) in [5, 5.41) is 0.919. The number of ether oxygens (including phenoxy) is 1. The molecule has 3 fully saturated rings. The van der Waals surface area contributed by atoms with Gasteiger partial charge in [-0.3, -0.25) is 14.7 Å². The number of carbonyl (C=O) groups is 1. The first kappa shape index (κ1) is 25.6. The van der Waals surface area contributed by atoms with Crippen molar-refractivity contribution in [2.45, 2.75) is 89.8 Å². The molecule has 0 spiro atoms. The van der Waals surface area contributed by atoms with E-state index in [0.717, 1.165) is 57.1 Å². The van der Waals surface area contributed by atoms with Crippen molar-refractivity contribution in [3.05, 3.63) is 68.5 Å². The highest BCUT2D eigenvalue weighted by Gasteiger charge is 2.39. The molecule has 1 amide bonds. The van der Waals surface area contributed by atoms with Gasteiger partial charge in [0.2, 0.25) is 0 Å². The van der Waals surface area contributed by atoms with Crippen molar-refractivity contribution in [2.75, 3.05) is 0 Å². The van der Waals surface area contributed by atoms with Crippen LogP contribution in [0.5, 0.6) is 5.75 Å². The SMILES string of the molecule is Cc1cccc(COc2ccc(Br)cc2C=C2SC(=NC3CCCCC3)N(C3CCCCC3)C2=O)c1. The van der Waals surface area contributed by atoms with Crippen LogP contribution in [0.15, 0.2) is 56.8 Å². The van der Waals surface area contributed by atoms with Gasteiger partial charge in [0.05, 0.1) is 10.9 Å². The fourth-order valence-electron chi connectivity index (χ4n) is 5.47. The highest BCUT2D eigenvalue weighted by Crippen LogP contribution is 2.39. The summed E-state index contributed by atoms with van der Waals surface area (Å²) in [5.74, 6) is 0.883. The Labute approximate surface area is 227 Å². The Balaban J connectivity index is 1.42. The molecule has 0 bridgehead atoms. The summed E-state index contributed by atoms with van der Waals surface area (Å²) < 4.78 is 7.21. The molecular weight excluding hydrogens is 532 g/mol. The van der Waals surface area contributed by atoms with Gasteiger partial charge in [-0.2, -0.15) is 0 Å². The fraction of sp³-hybridized carbons (Fsp3) is 0.467. The standard InChI is InChI=1S/C30H35BrN2O2S/c1-21-9-8-10-22(17-21)20-35-27-16-15-24(31)18-23(27)19-28-29(34)33(26-13-6-3-7-14-26)30(36-28)32-25-11-4-2-5-12-25/h8-10,15-19,25-26H,2-7,11-14,20H2,1H3. The van der Waals surface area contributed by atoms with Crippen LogP contribution >= 0.6 is 27.7 Å². The van der Waals surface area contributed by atoms with E-state index in [4.69, 9.17) is 9.73 Å².